The molecule has 0 saturated heterocycles. The minimum Gasteiger partial charge on any atom is -0.493 e. The van der Waals surface area contributed by atoms with Gasteiger partial charge < -0.3 is 24.3 Å². The van der Waals surface area contributed by atoms with E-state index in [-0.39, 0.29) is 17.8 Å². The summed E-state index contributed by atoms with van der Waals surface area (Å²) in [5.41, 5.74) is 4.15. The third-order valence-corrected chi connectivity index (χ3v) is 7.54. The number of hydrogen-bond donors (Lipinski definition) is 1. The molecule has 1 heterocycles. The van der Waals surface area contributed by atoms with Gasteiger partial charge in [-0.25, -0.2) is 4.79 Å². The molecule has 1 aliphatic carbocycles. The third-order valence-electron chi connectivity index (χ3n) is 7.29. The predicted octanol–water partition coefficient (Wildman–Crippen LogP) is 6.07. The molecule has 7 nitrogen and oxygen atoms in total. The Kier molecular flexibility index (Phi) is 8.36. The van der Waals surface area contributed by atoms with Gasteiger partial charge in [0.1, 0.15) is 0 Å². The number of allylic oxidation sites excluding steroid dienone is 3. The first-order valence-corrected chi connectivity index (χ1v) is 13.1. The normalized spacial score (nSPS) is 19.9. The molecular formula is C30H34ClNO6. The predicted molar refractivity (Wildman–Crippen MR) is 146 cm³/mol. The van der Waals surface area contributed by atoms with Gasteiger partial charge in [0.2, 0.25) is 5.75 Å². The van der Waals surface area contributed by atoms with Crippen LogP contribution in [-0.4, -0.2) is 39.2 Å². The van der Waals surface area contributed by atoms with Crippen molar-refractivity contribution >= 4 is 23.4 Å². The molecule has 0 unspecified atom stereocenters. The van der Waals surface area contributed by atoms with Crippen LogP contribution in [0.2, 0.25) is 5.02 Å². The Morgan fingerprint density at radius 1 is 1.03 bits per heavy atom. The molecule has 2 aliphatic rings. The van der Waals surface area contributed by atoms with Crippen LogP contribution in [0.3, 0.4) is 0 Å². The molecule has 0 radical (unpaired) electrons. The average molecular weight is 540 g/mol. The number of benzene rings is 2. The van der Waals surface area contributed by atoms with Crippen LogP contribution < -0.4 is 19.5 Å². The Hall–Kier alpha value is -3.45. The van der Waals surface area contributed by atoms with E-state index < -0.39 is 11.9 Å². The largest absolute Gasteiger partial charge is 0.493 e. The molecule has 202 valence electrons. The highest BCUT2D eigenvalue weighted by Gasteiger charge is 2.42. The Balaban J connectivity index is 1.87. The highest BCUT2D eigenvalue weighted by atomic mass is 35.5. The summed E-state index contributed by atoms with van der Waals surface area (Å²) < 4.78 is 22.5. The van der Waals surface area contributed by atoms with Gasteiger partial charge in [-0.2, -0.15) is 0 Å². The van der Waals surface area contributed by atoms with Gasteiger partial charge in [-0.05, 0) is 68.0 Å². The SMILES string of the molecule is CC[C@@H](C)OC(=O)C1=C(C)NC2=C(C(=O)C[C@H](c3ccc(Cl)cc3)C2)[C@@H]1c1cc(OC)c(OC)c(OC)c1. The minimum absolute atomic E-state index is 0.00646. The van der Waals surface area contributed by atoms with E-state index in [4.69, 9.17) is 30.5 Å². The van der Waals surface area contributed by atoms with Gasteiger partial charge in [0.15, 0.2) is 17.3 Å². The first-order chi connectivity index (χ1) is 18.2. The van der Waals surface area contributed by atoms with Gasteiger partial charge in [-0.15, -0.1) is 0 Å². The number of esters is 1. The molecule has 8 heteroatoms. The molecule has 0 amide bonds. The van der Waals surface area contributed by atoms with E-state index in [1.54, 1.807) is 12.1 Å². The molecule has 4 rings (SSSR count). The van der Waals surface area contributed by atoms with Crippen LogP contribution in [-0.2, 0) is 14.3 Å². The first-order valence-electron chi connectivity index (χ1n) is 12.7. The van der Waals surface area contributed by atoms with E-state index in [2.05, 4.69) is 5.32 Å². The number of carbonyl (C=O) groups excluding carboxylic acids is 2. The zero-order chi connectivity index (χ0) is 27.6. The van der Waals surface area contributed by atoms with E-state index in [1.807, 2.05) is 45.0 Å². The van der Waals surface area contributed by atoms with Crippen LogP contribution in [0.4, 0.5) is 0 Å². The lowest BCUT2D eigenvalue weighted by Gasteiger charge is -2.37. The minimum atomic E-state index is -0.657. The maximum atomic E-state index is 13.9. The number of dihydropyridines is 1. The molecule has 38 heavy (non-hydrogen) atoms. The number of Topliss-reactive ketones (excluding diaryl/α,β-unsaturated/α-hetero) is 1. The van der Waals surface area contributed by atoms with Crippen LogP contribution in [0, 0.1) is 0 Å². The van der Waals surface area contributed by atoms with E-state index >= 15 is 0 Å². The quantitative estimate of drug-likeness (QED) is 0.408. The van der Waals surface area contributed by atoms with Crippen molar-refractivity contribution in [1.29, 1.82) is 0 Å². The van der Waals surface area contributed by atoms with Crippen molar-refractivity contribution in [2.45, 2.75) is 58.0 Å². The molecule has 0 spiro atoms. The summed E-state index contributed by atoms with van der Waals surface area (Å²) in [6.45, 7) is 5.65. The van der Waals surface area contributed by atoms with E-state index in [0.717, 1.165) is 11.3 Å². The zero-order valence-corrected chi connectivity index (χ0v) is 23.4. The van der Waals surface area contributed by atoms with Crippen molar-refractivity contribution in [2.24, 2.45) is 0 Å². The molecule has 1 N–H and O–H groups in total. The van der Waals surface area contributed by atoms with Crippen LogP contribution in [0.5, 0.6) is 17.2 Å². The average Bonchev–Trinajstić information content (AvgIpc) is 2.91. The number of hydrogen-bond acceptors (Lipinski definition) is 7. The molecule has 3 atom stereocenters. The smallest absolute Gasteiger partial charge is 0.337 e. The summed E-state index contributed by atoms with van der Waals surface area (Å²) in [5.74, 6) is 0.169. The van der Waals surface area contributed by atoms with Crippen molar-refractivity contribution < 1.29 is 28.5 Å². The maximum absolute atomic E-state index is 13.9. The second-order valence-corrected chi connectivity index (χ2v) is 10.1. The second kappa shape index (κ2) is 11.5. The van der Waals surface area contributed by atoms with E-state index in [0.29, 0.717) is 63.9 Å². The molecule has 1 aliphatic heterocycles. The van der Waals surface area contributed by atoms with Gasteiger partial charge in [0, 0.05) is 34.3 Å². The molecule has 2 aromatic rings. The van der Waals surface area contributed by atoms with Crippen LogP contribution in [0.15, 0.2) is 58.9 Å². The number of nitrogens with one attached hydrogen (secondary N) is 1. The number of carbonyl (C=O) groups is 2. The topological polar surface area (TPSA) is 83.1 Å². The van der Waals surface area contributed by atoms with Crippen molar-refractivity contribution in [3.05, 3.63) is 75.1 Å². The Morgan fingerprint density at radius 3 is 2.21 bits per heavy atom. The number of rotatable bonds is 8. The maximum Gasteiger partial charge on any atom is 0.337 e. The van der Waals surface area contributed by atoms with Gasteiger partial charge >= 0.3 is 5.97 Å². The van der Waals surface area contributed by atoms with Gasteiger partial charge in [0.05, 0.1) is 33.0 Å². The second-order valence-electron chi connectivity index (χ2n) is 9.65. The molecule has 0 aromatic heterocycles. The fourth-order valence-electron chi connectivity index (χ4n) is 5.21. The molecule has 0 saturated carbocycles. The summed E-state index contributed by atoms with van der Waals surface area (Å²) >= 11 is 6.09. The number of ketones is 1. The first kappa shape index (κ1) is 27.6. The summed E-state index contributed by atoms with van der Waals surface area (Å²) in [4.78, 5) is 27.4. The van der Waals surface area contributed by atoms with E-state index in [1.165, 1.54) is 21.3 Å². The van der Waals surface area contributed by atoms with Gasteiger partial charge in [-0.1, -0.05) is 30.7 Å². The Bertz CT molecular complexity index is 1270. The highest BCUT2D eigenvalue weighted by Crippen LogP contribution is 2.49. The summed E-state index contributed by atoms with van der Waals surface area (Å²) in [5, 5.41) is 4.04. The van der Waals surface area contributed by atoms with Crippen molar-refractivity contribution in [1.82, 2.24) is 5.32 Å². The van der Waals surface area contributed by atoms with Crippen molar-refractivity contribution in [3.8, 4) is 17.2 Å². The van der Waals surface area contributed by atoms with Crippen LogP contribution in [0.1, 0.15) is 63.0 Å². The molecule has 0 fully saturated rings. The van der Waals surface area contributed by atoms with Crippen LogP contribution >= 0.6 is 11.6 Å². The lowest BCUT2D eigenvalue weighted by Crippen LogP contribution is -2.36. The zero-order valence-electron chi connectivity index (χ0n) is 22.6. The standard InChI is InChI=1S/C30H34ClNO6/c1-7-16(2)38-30(34)26-17(3)32-22-12-19(18-8-10-21(31)11-9-18)13-23(33)28(22)27(26)20-14-24(35-4)29(37-6)25(15-20)36-5/h8-11,14-16,19,27,32H,7,12-13H2,1-6H3/t16-,19-,27-/m1/s1. The molecular weight excluding hydrogens is 506 g/mol. The Morgan fingerprint density at radius 2 is 1.66 bits per heavy atom. The highest BCUT2D eigenvalue weighted by molar-refractivity contribution is 6.30. The number of methoxy groups -OCH3 is 3. The van der Waals surface area contributed by atoms with Gasteiger partial charge in [-0.3, -0.25) is 4.79 Å². The number of ether oxygens (including phenoxy) is 4. The number of halogens is 1. The van der Waals surface area contributed by atoms with Gasteiger partial charge in [0.25, 0.3) is 0 Å². The lowest BCUT2D eigenvalue weighted by molar-refractivity contribution is -0.144. The Labute approximate surface area is 228 Å². The fraction of sp³-hybridized carbons (Fsp3) is 0.400. The molecule has 2 aromatic carbocycles. The third kappa shape index (κ3) is 5.25. The van der Waals surface area contributed by atoms with Crippen molar-refractivity contribution in [3.63, 3.8) is 0 Å². The van der Waals surface area contributed by atoms with Crippen molar-refractivity contribution in [2.75, 3.05) is 21.3 Å². The lowest BCUT2D eigenvalue weighted by atomic mass is 9.71. The summed E-state index contributed by atoms with van der Waals surface area (Å²) in [6.07, 6.45) is 1.34. The summed E-state index contributed by atoms with van der Waals surface area (Å²) in [6, 6.07) is 11.2. The summed E-state index contributed by atoms with van der Waals surface area (Å²) in [7, 11) is 4.61. The molecule has 0 bridgehead atoms. The fourth-order valence-corrected chi connectivity index (χ4v) is 5.34. The van der Waals surface area contributed by atoms with E-state index in [9.17, 15) is 9.59 Å². The monoisotopic (exact) mass is 539 g/mol. The van der Waals surface area contributed by atoms with Crippen LogP contribution in [0.25, 0.3) is 0 Å².